The molecule has 0 radical (unpaired) electrons. The minimum atomic E-state index is -5.51. The van der Waals surface area contributed by atoms with E-state index in [1.165, 1.54) is 11.0 Å². The highest BCUT2D eigenvalue weighted by atomic mass is 35.5. The minimum absolute atomic E-state index is 0.0136. The Bertz CT molecular complexity index is 1080. The van der Waals surface area contributed by atoms with Crippen molar-refractivity contribution in [1.29, 1.82) is 5.26 Å². The molecule has 1 aromatic carbocycles. The summed E-state index contributed by atoms with van der Waals surface area (Å²) in [5.74, 6) is -1.01. The van der Waals surface area contributed by atoms with Gasteiger partial charge in [-0.1, -0.05) is 11.6 Å². The predicted molar refractivity (Wildman–Crippen MR) is 92.1 cm³/mol. The van der Waals surface area contributed by atoms with Crippen molar-refractivity contribution in [3.8, 4) is 6.07 Å². The Labute approximate surface area is 184 Å². The molecule has 1 aliphatic carbocycles. The van der Waals surface area contributed by atoms with Gasteiger partial charge >= 0.3 is 18.5 Å². The van der Waals surface area contributed by atoms with E-state index >= 15 is 0 Å². The fourth-order valence-corrected chi connectivity index (χ4v) is 4.35. The molecule has 14 heteroatoms. The Balaban J connectivity index is 2.08. The lowest BCUT2D eigenvalue weighted by atomic mass is 9.68. The first-order valence-electron chi connectivity index (χ1n) is 9.01. The Hall–Kier alpha value is -2.59. The van der Waals surface area contributed by atoms with Gasteiger partial charge in [0.2, 0.25) is 0 Å². The molecule has 4 aliphatic rings. The van der Waals surface area contributed by atoms with Crippen LogP contribution in [-0.2, 0) is 27.2 Å². The highest BCUT2D eigenvalue weighted by Gasteiger charge is 2.71. The maximum absolute atomic E-state index is 14.6. The second-order valence-corrected chi connectivity index (χ2v) is 7.98. The van der Waals surface area contributed by atoms with Crippen molar-refractivity contribution in [3.63, 3.8) is 0 Å². The number of halogens is 10. The second kappa shape index (κ2) is 6.96. The summed E-state index contributed by atoms with van der Waals surface area (Å²) in [4.78, 5) is 1.19. The molecule has 1 aromatic rings. The number of allylic oxidation sites excluding steroid dienone is 1. The van der Waals surface area contributed by atoms with Gasteiger partial charge in [-0.15, -0.1) is 0 Å². The van der Waals surface area contributed by atoms with Gasteiger partial charge in [-0.25, -0.2) is 0 Å². The number of alkyl halides is 10. The van der Waals surface area contributed by atoms with Crippen LogP contribution in [0.1, 0.15) is 16.7 Å². The van der Waals surface area contributed by atoms with Crippen molar-refractivity contribution in [3.05, 3.63) is 58.0 Å². The monoisotopic (exact) mass is 504 g/mol. The molecule has 0 aromatic heterocycles. The molecule has 1 saturated heterocycles. The smallest absolute Gasteiger partial charge is 0.416 e. The number of hydrogen-bond donors (Lipinski definition) is 0. The topological polar surface area (TPSA) is 45.5 Å². The third kappa shape index (κ3) is 3.33. The molecule has 0 spiro atoms. The van der Waals surface area contributed by atoms with Crippen LogP contribution in [0.4, 0.5) is 39.5 Å². The van der Waals surface area contributed by atoms with E-state index in [4.69, 9.17) is 21.1 Å². The summed E-state index contributed by atoms with van der Waals surface area (Å²) in [5.41, 5.74) is -10.2. The summed E-state index contributed by atoms with van der Waals surface area (Å²) >= 11 is 6.23. The SMILES string of the molecule is N#CC1=CC(c2cc(C(F)(F)F)cc(C(F)(F)F)c2)(C(F)(F)F)C2=C(N3CCOC3)C1(Cl)O2. The summed E-state index contributed by atoms with van der Waals surface area (Å²) in [6.07, 6.45) is -16.1. The molecule has 33 heavy (non-hydrogen) atoms. The van der Waals surface area contributed by atoms with Crippen LogP contribution in [-0.4, -0.2) is 36.0 Å². The molecule has 2 atom stereocenters. The van der Waals surface area contributed by atoms with Gasteiger partial charge in [-0.2, -0.15) is 44.8 Å². The number of nitriles is 1. The van der Waals surface area contributed by atoms with Crippen molar-refractivity contribution in [2.75, 3.05) is 19.9 Å². The normalized spacial score (nSPS) is 27.7. The van der Waals surface area contributed by atoms with E-state index in [1.807, 2.05) is 0 Å². The predicted octanol–water partition coefficient (Wildman–Crippen LogP) is 5.45. The zero-order valence-corrected chi connectivity index (χ0v) is 16.7. The largest absolute Gasteiger partial charge is 0.462 e. The fourth-order valence-electron chi connectivity index (χ4n) is 3.97. The molecule has 0 amide bonds. The van der Waals surface area contributed by atoms with Crippen molar-refractivity contribution in [1.82, 2.24) is 4.90 Å². The van der Waals surface area contributed by atoms with E-state index in [2.05, 4.69) is 0 Å². The molecule has 5 rings (SSSR count). The summed E-state index contributed by atoms with van der Waals surface area (Å²) < 4.78 is 134. The van der Waals surface area contributed by atoms with Crippen LogP contribution in [0.15, 0.2) is 41.3 Å². The first-order valence-corrected chi connectivity index (χ1v) is 9.39. The van der Waals surface area contributed by atoms with Gasteiger partial charge in [0, 0.05) is 6.54 Å². The highest BCUT2D eigenvalue weighted by Crippen LogP contribution is 2.64. The van der Waals surface area contributed by atoms with E-state index < -0.39 is 62.7 Å². The summed E-state index contributed by atoms with van der Waals surface area (Å²) in [7, 11) is 0. The lowest BCUT2D eigenvalue weighted by molar-refractivity contribution is -0.191. The van der Waals surface area contributed by atoms with Gasteiger partial charge in [0.1, 0.15) is 24.3 Å². The van der Waals surface area contributed by atoms with Crippen LogP contribution in [0.25, 0.3) is 0 Å². The molecule has 0 saturated carbocycles. The average molecular weight is 505 g/mol. The van der Waals surface area contributed by atoms with Gasteiger partial charge in [-0.05, 0) is 29.8 Å². The number of rotatable bonds is 2. The van der Waals surface area contributed by atoms with E-state index in [-0.39, 0.29) is 44.2 Å². The van der Waals surface area contributed by atoms with E-state index in [0.29, 0.717) is 0 Å². The van der Waals surface area contributed by atoms with Gasteiger partial charge < -0.3 is 14.4 Å². The number of fused-ring (bicyclic) bond motifs is 1. The molecular weight excluding hydrogens is 495 g/mol. The average Bonchev–Trinajstić information content (AvgIpc) is 3.18. The van der Waals surface area contributed by atoms with Gasteiger partial charge in [0.05, 0.1) is 23.3 Å². The molecule has 2 bridgehead atoms. The number of ether oxygens (including phenoxy) is 2. The Morgan fingerprint density at radius 2 is 1.55 bits per heavy atom. The van der Waals surface area contributed by atoms with Crippen LogP contribution in [0.3, 0.4) is 0 Å². The van der Waals surface area contributed by atoms with Crippen LogP contribution < -0.4 is 0 Å². The summed E-state index contributed by atoms with van der Waals surface area (Å²) in [6, 6.07) is 1.06. The first kappa shape index (κ1) is 23.6. The molecule has 1 fully saturated rings. The Morgan fingerprint density at radius 1 is 0.970 bits per heavy atom. The molecular formula is C19H10ClF9N2O2. The summed E-state index contributed by atoms with van der Waals surface area (Å²) in [5, 5.41) is 7.28. The maximum atomic E-state index is 14.6. The van der Waals surface area contributed by atoms with Gasteiger partial charge in [-0.3, -0.25) is 0 Å². The molecule has 0 N–H and O–H groups in total. The van der Waals surface area contributed by atoms with Crippen LogP contribution >= 0.6 is 11.6 Å². The van der Waals surface area contributed by atoms with Crippen molar-refractivity contribution in [2.45, 2.75) is 29.0 Å². The van der Waals surface area contributed by atoms with E-state index in [0.717, 1.165) is 0 Å². The number of hydrogen-bond acceptors (Lipinski definition) is 4. The first-order chi connectivity index (χ1) is 15.1. The minimum Gasteiger partial charge on any atom is -0.462 e. The van der Waals surface area contributed by atoms with E-state index in [9.17, 15) is 44.8 Å². The Morgan fingerprint density at radius 3 is 1.97 bits per heavy atom. The highest BCUT2D eigenvalue weighted by molar-refractivity contribution is 6.28. The third-order valence-corrected chi connectivity index (χ3v) is 5.97. The third-order valence-electron chi connectivity index (χ3n) is 5.51. The fraction of sp³-hybridized carbons (Fsp3) is 0.421. The lowest BCUT2D eigenvalue weighted by Crippen LogP contribution is -2.60. The summed E-state index contributed by atoms with van der Waals surface area (Å²) in [6.45, 7) is -0.185. The van der Waals surface area contributed by atoms with Crippen molar-refractivity contribution < 1.29 is 49.0 Å². The maximum Gasteiger partial charge on any atom is 0.416 e. The van der Waals surface area contributed by atoms with Crippen LogP contribution in [0.5, 0.6) is 0 Å². The molecule has 178 valence electrons. The second-order valence-electron chi connectivity index (χ2n) is 7.45. The van der Waals surface area contributed by atoms with Gasteiger partial charge in [0.25, 0.3) is 5.06 Å². The molecule has 2 unspecified atom stereocenters. The van der Waals surface area contributed by atoms with E-state index in [1.54, 1.807) is 0 Å². The number of benzene rings is 1. The van der Waals surface area contributed by atoms with Crippen molar-refractivity contribution in [2.24, 2.45) is 0 Å². The quantitative estimate of drug-likeness (QED) is 0.397. The number of nitrogens with zero attached hydrogens (tertiary/aromatic N) is 2. The molecule has 3 heterocycles. The standard InChI is InChI=1S/C19H10ClF9N2O2/c20-16-12(7-30)6-15(19(27,28)29,14(33-16)13(16)31-1-2-32-8-31)9-3-10(17(21,22)23)5-11(4-9)18(24,25)26/h3-6H,1-2,8H2. The van der Waals surface area contributed by atoms with Crippen molar-refractivity contribution >= 4 is 11.6 Å². The lowest BCUT2D eigenvalue weighted by Gasteiger charge is -2.54. The van der Waals surface area contributed by atoms with Gasteiger partial charge in [0.15, 0.2) is 5.41 Å². The molecule has 4 nitrogen and oxygen atoms in total. The zero-order chi connectivity index (χ0) is 24.6. The van der Waals surface area contributed by atoms with Crippen LogP contribution in [0.2, 0.25) is 0 Å². The molecule has 3 aliphatic heterocycles. The Kier molecular flexibility index (Phi) is 4.97. The zero-order valence-electron chi connectivity index (χ0n) is 15.9. The van der Waals surface area contributed by atoms with Crippen LogP contribution in [0, 0.1) is 11.3 Å².